The van der Waals surface area contributed by atoms with E-state index in [0.717, 1.165) is 31.7 Å². The van der Waals surface area contributed by atoms with Crippen LogP contribution in [0.15, 0.2) is 35.8 Å². The molecule has 114 valence electrons. The molecule has 3 nitrogen and oxygen atoms in total. The molecule has 0 heterocycles. The highest BCUT2D eigenvalue weighted by Gasteiger charge is 2.38. The van der Waals surface area contributed by atoms with E-state index < -0.39 is 17.0 Å². The van der Waals surface area contributed by atoms with Crippen molar-refractivity contribution in [3.05, 3.63) is 48.1 Å². The third-order valence-electron chi connectivity index (χ3n) is 4.06. The zero-order valence-electron chi connectivity index (χ0n) is 12.0. The topological polar surface area (TPSA) is 50.4 Å². The highest BCUT2D eigenvalue weighted by atomic mass is 19.2. The summed E-state index contributed by atoms with van der Waals surface area (Å²) in [6.45, 7) is 4.48. The zero-order valence-corrected chi connectivity index (χ0v) is 12.0. The van der Waals surface area contributed by atoms with E-state index in [1.807, 2.05) is 0 Å². The molecule has 1 aliphatic carbocycles. The average molecular weight is 293 g/mol. The number of nitrogens with two attached hydrogens (primary N) is 1. The lowest BCUT2D eigenvalue weighted by Gasteiger charge is -2.28. The number of guanidine groups is 1. The number of hydrogen-bond donors (Lipinski definition) is 2. The fourth-order valence-corrected chi connectivity index (χ4v) is 2.95. The van der Waals surface area contributed by atoms with Gasteiger partial charge < -0.3 is 11.1 Å². The maximum absolute atomic E-state index is 14.1. The van der Waals surface area contributed by atoms with E-state index in [9.17, 15) is 8.78 Å². The summed E-state index contributed by atoms with van der Waals surface area (Å²) in [7, 11) is 0. The van der Waals surface area contributed by atoms with Gasteiger partial charge in [0.25, 0.3) is 0 Å². The van der Waals surface area contributed by atoms with Crippen LogP contribution in [0.4, 0.5) is 8.78 Å². The lowest BCUT2D eigenvalue weighted by atomic mass is 9.78. The van der Waals surface area contributed by atoms with Gasteiger partial charge in [0.2, 0.25) is 0 Å². The Kier molecular flexibility index (Phi) is 4.94. The minimum atomic E-state index is -0.805. The largest absolute Gasteiger partial charge is 0.370 e. The molecule has 0 spiro atoms. The molecule has 2 rings (SSSR count). The summed E-state index contributed by atoms with van der Waals surface area (Å²) >= 11 is 0. The van der Waals surface area contributed by atoms with Gasteiger partial charge in [-0.05, 0) is 24.5 Å². The summed E-state index contributed by atoms with van der Waals surface area (Å²) in [4.78, 5) is 4.31. The molecule has 1 fully saturated rings. The van der Waals surface area contributed by atoms with Crippen LogP contribution in [-0.4, -0.2) is 19.0 Å². The molecule has 1 aromatic carbocycles. The van der Waals surface area contributed by atoms with Crippen molar-refractivity contribution in [2.45, 2.75) is 31.1 Å². The van der Waals surface area contributed by atoms with Crippen LogP contribution in [-0.2, 0) is 5.41 Å². The molecule has 0 unspecified atom stereocenters. The van der Waals surface area contributed by atoms with Crippen molar-refractivity contribution >= 4 is 5.96 Å². The van der Waals surface area contributed by atoms with Crippen LogP contribution in [0.3, 0.4) is 0 Å². The van der Waals surface area contributed by atoms with Crippen molar-refractivity contribution < 1.29 is 8.78 Å². The molecule has 0 atom stereocenters. The van der Waals surface area contributed by atoms with Crippen molar-refractivity contribution in [2.24, 2.45) is 10.7 Å². The molecular formula is C16H21F2N3. The van der Waals surface area contributed by atoms with E-state index in [-0.39, 0.29) is 0 Å². The van der Waals surface area contributed by atoms with E-state index >= 15 is 0 Å². The summed E-state index contributed by atoms with van der Waals surface area (Å²) in [5, 5.41) is 2.89. The molecule has 0 aromatic heterocycles. The molecule has 0 radical (unpaired) electrons. The Morgan fingerprint density at radius 3 is 2.76 bits per heavy atom. The van der Waals surface area contributed by atoms with Gasteiger partial charge in [-0.25, -0.2) is 8.78 Å². The maximum Gasteiger partial charge on any atom is 0.188 e. The van der Waals surface area contributed by atoms with Gasteiger partial charge in [0.1, 0.15) is 0 Å². The lowest BCUT2D eigenvalue weighted by Crippen LogP contribution is -2.35. The highest BCUT2D eigenvalue weighted by Crippen LogP contribution is 2.42. The molecule has 1 aromatic rings. The monoisotopic (exact) mass is 293 g/mol. The van der Waals surface area contributed by atoms with Crippen LogP contribution in [0.1, 0.15) is 31.2 Å². The number of nitrogens with one attached hydrogen (secondary N) is 1. The standard InChI is InChI=1S/C16H21F2N3/c1-2-10-20-15(19)21-11-16(8-3-4-9-16)12-6-5-7-13(17)14(12)18/h2,5-7H,1,3-4,8-11H2,(H3,19,20,21). The van der Waals surface area contributed by atoms with Crippen LogP contribution in [0.5, 0.6) is 0 Å². The normalized spacial score (nSPS) is 17.7. The van der Waals surface area contributed by atoms with E-state index in [2.05, 4.69) is 16.9 Å². The van der Waals surface area contributed by atoms with E-state index in [4.69, 9.17) is 5.73 Å². The summed E-state index contributed by atoms with van der Waals surface area (Å²) in [5.41, 5.74) is 5.73. The highest BCUT2D eigenvalue weighted by molar-refractivity contribution is 5.78. The summed E-state index contributed by atoms with van der Waals surface area (Å²) < 4.78 is 27.7. The van der Waals surface area contributed by atoms with Crippen molar-refractivity contribution in [1.29, 1.82) is 0 Å². The Bertz CT molecular complexity index is 534. The lowest BCUT2D eigenvalue weighted by molar-refractivity contribution is 0.408. The Hall–Kier alpha value is -1.91. The van der Waals surface area contributed by atoms with Crippen molar-refractivity contribution in [1.82, 2.24) is 5.32 Å². The Labute approximate surface area is 124 Å². The van der Waals surface area contributed by atoms with Crippen LogP contribution < -0.4 is 11.1 Å². The minimum Gasteiger partial charge on any atom is -0.370 e. The Morgan fingerprint density at radius 2 is 2.10 bits per heavy atom. The summed E-state index contributed by atoms with van der Waals surface area (Å²) in [6.07, 6.45) is 5.26. The molecule has 3 N–H and O–H groups in total. The molecule has 0 aliphatic heterocycles. The first kappa shape index (κ1) is 15.5. The van der Waals surface area contributed by atoms with Gasteiger partial charge in [0.05, 0.1) is 6.54 Å². The number of benzene rings is 1. The first-order valence-corrected chi connectivity index (χ1v) is 7.18. The summed E-state index contributed by atoms with van der Waals surface area (Å²) in [5.74, 6) is -1.26. The van der Waals surface area contributed by atoms with Gasteiger partial charge in [-0.15, -0.1) is 6.58 Å². The van der Waals surface area contributed by atoms with Crippen LogP contribution in [0, 0.1) is 11.6 Å². The van der Waals surface area contributed by atoms with Gasteiger partial charge in [0.15, 0.2) is 17.6 Å². The molecule has 5 heteroatoms. The second kappa shape index (κ2) is 6.70. The molecule has 0 bridgehead atoms. The number of halogens is 2. The van der Waals surface area contributed by atoms with Gasteiger partial charge in [-0.2, -0.15) is 0 Å². The van der Waals surface area contributed by atoms with Crippen LogP contribution in [0.2, 0.25) is 0 Å². The summed E-state index contributed by atoms with van der Waals surface area (Å²) in [6, 6.07) is 4.36. The van der Waals surface area contributed by atoms with E-state index in [1.165, 1.54) is 0 Å². The van der Waals surface area contributed by atoms with Crippen molar-refractivity contribution in [2.75, 3.05) is 13.1 Å². The van der Waals surface area contributed by atoms with Gasteiger partial charge in [-0.3, -0.25) is 4.99 Å². The first-order chi connectivity index (χ1) is 10.1. The smallest absolute Gasteiger partial charge is 0.188 e. The quantitative estimate of drug-likeness (QED) is 0.498. The third kappa shape index (κ3) is 3.40. The van der Waals surface area contributed by atoms with Crippen molar-refractivity contribution in [3.63, 3.8) is 0 Å². The maximum atomic E-state index is 14.1. The van der Waals surface area contributed by atoms with Gasteiger partial charge in [0, 0.05) is 12.0 Å². The molecule has 1 saturated carbocycles. The Balaban J connectivity index is 2.25. The number of nitrogens with zero attached hydrogens (tertiary/aromatic N) is 1. The second-order valence-electron chi connectivity index (χ2n) is 5.46. The Morgan fingerprint density at radius 1 is 1.38 bits per heavy atom. The van der Waals surface area contributed by atoms with Crippen LogP contribution >= 0.6 is 0 Å². The third-order valence-corrected chi connectivity index (χ3v) is 4.06. The predicted molar refractivity (Wildman–Crippen MR) is 81.2 cm³/mol. The zero-order chi connectivity index (χ0) is 15.3. The van der Waals surface area contributed by atoms with Gasteiger partial charge >= 0.3 is 0 Å². The van der Waals surface area contributed by atoms with Crippen molar-refractivity contribution in [3.8, 4) is 0 Å². The molecule has 0 amide bonds. The SMILES string of the molecule is C=CCNC(N)=NCC1(c2cccc(F)c2F)CCCC1. The first-order valence-electron chi connectivity index (χ1n) is 7.18. The average Bonchev–Trinajstić information content (AvgIpc) is 2.95. The van der Waals surface area contributed by atoms with E-state index in [0.29, 0.717) is 24.6 Å². The number of rotatable bonds is 5. The van der Waals surface area contributed by atoms with Crippen LogP contribution in [0.25, 0.3) is 0 Å². The predicted octanol–water partition coefficient (Wildman–Crippen LogP) is 2.87. The second-order valence-corrected chi connectivity index (χ2v) is 5.46. The fourth-order valence-electron chi connectivity index (χ4n) is 2.95. The number of hydrogen-bond acceptors (Lipinski definition) is 1. The van der Waals surface area contributed by atoms with Gasteiger partial charge in [-0.1, -0.05) is 31.1 Å². The molecular weight excluding hydrogens is 272 g/mol. The minimum absolute atomic E-state index is 0.304. The molecule has 0 saturated heterocycles. The molecule has 21 heavy (non-hydrogen) atoms. The molecule has 1 aliphatic rings. The van der Waals surface area contributed by atoms with E-state index in [1.54, 1.807) is 18.2 Å². The fraction of sp³-hybridized carbons (Fsp3) is 0.438. The number of aliphatic imine (C=N–C) groups is 1.